The second-order valence-corrected chi connectivity index (χ2v) is 7.05. The van der Waals surface area contributed by atoms with Gasteiger partial charge in [-0.1, -0.05) is 25.1 Å². The van der Waals surface area contributed by atoms with E-state index in [2.05, 4.69) is 56.5 Å². The first-order chi connectivity index (χ1) is 13.7. The number of fused-ring (bicyclic) bond motifs is 1. The Labute approximate surface area is 164 Å². The van der Waals surface area contributed by atoms with Crippen molar-refractivity contribution in [2.45, 2.75) is 13.3 Å². The number of hydrogen-bond acceptors (Lipinski definition) is 5. The number of benzene rings is 1. The molecule has 0 spiro atoms. The third-order valence-corrected chi connectivity index (χ3v) is 5.35. The molecule has 1 aromatic carbocycles. The number of anilines is 1. The molecule has 4 rings (SSSR count). The lowest BCUT2D eigenvalue weighted by Crippen LogP contribution is -2.48. The maximum absolute atomic E-state index is 12.6. The van der Waals surface area contributed by atoms with Crippen LogP contribution in [0, 0.1) is 0 Å². The average molecular weight is 378 g/mol. The van der Waals surface area contributed by atoms with Crippen LogP contribution in [0.5, 0.6) is 0 Å². The van der Waals surface area contributed by atoms with Crippen molar-refractivity contribution in [1.29, 1.82) is 0 Å². The number of amides is 1. The van der Waals surface area contributed by atoms with Crippen molar-refractivity contribution < 1.29 is 4.79 Å². The zero-order valence-electron chi connectivity index (χ0n) is 16.2. The molecule has 1 saturated heterocycles. The first kappa shape index (κ1) is 18.4. The first-order valence-electron chi connectivity index (χ1n) is 9.87. The first-order valence-corrected chi connectivity index (χ1v) is 9.87. The lowest BCUT2D eigenvalue weighted by molar-refractivity contribution is 0.0637. The van der Waals surface area contributed by atoms with Crippen molar-refractivity contribution in [1.82, 2.24) is 24.8 Å². The van der Waals surface area contributed by atoms with Crippen molar-refractivity contribution in [2.24, 2.45) is 0 Å². The van der Waals surface area contributed by atoms with Gasteiger partial charge in [-0.15, -0.1) is 0 Å². The molecule has 0 saturated carbocycles. The number of hydrogen-bond donors (Lipinski definition) is 2. The van der Waals surface area contributed by atoms with Crippen LogP contribution in [0.2, 0.25) is 0 Å². The fourth-order valence-electron chi connectivity index (χ4n) is 3.62. The Morgan fingerprint density at radius 1 is 1.14 bits per heavy atom. The summed E-state index contributed by atoms with van der Waals surface area (Å²) in [5, 5.41) is 4.54. The number of likely N-dealkylation sites (N-methyl/N-ethyl adjacent to an activating group) is 1. The maximum Gasteiger partial charge on any atom is 0.274 e. The van der Waals surface area contributed by atoms with Crippen LogP contribution in [0.1, 0.15) is 23.0 Å². The molecule has 3 aromatic rings. The van der Waals surface area contributed by atoms with E-state index < -0.39 is 0 Å². The number of aromatic nitrogens is 3. The zero-order valence-corrected chi connectivity index (χ0v) is 16.2. The molecule has 2 N–H and O–H groups in total. The molecule has 3 heterocycles. The molecule has 0 atom stereocenters. The highest BCUT2D eigenvalue weighted by molar-refractivity contribution is 5.92. The molecule has 0 radical (unpaired) electrons. The van der Waals surface area contributed by atoms with Crippen LogP contribution in [0.15, 0.2) is 42.9 Å². The van der Waals surface area contributed by atoms with Gasteiger partial charge >= 0.3 is 0 Å². The van der Waals surface area contributed by atoms with Gasteiger partial charge in [-0.25, -0.2) is 9.97 Å². The Bertz CT molecular complexity index is 927. The van der Waals surface area contributed by atoms with Gasteiger partial charge in [0.1, 0.15) is 11.5 Å². The van der Waals surface area contributed by atoms with Gasteiger partial charge in [-0.3, -0.25) is 4.79 Å². The molecule has 1 fully saturated rings. The quantitative estimate of drug-likeness (QED) is 0.689. The number of carbonyl (C=O) groups is 1. The van der Waals surface area contributed by atoms with Crippen molar-refractivity contribution in [3.05, 3.63) is 54.1 Å². The Morgan fingerprint density at radius 3 is 2.71 bits per heavy atom. The molecule has 1 aliphatic rings. The SMILES string of the molecule is CCN1CCN(C(=O)c2cnc(NCCc3c[nH]c4ccccc34)cn2)CC1. The minimum atomic E-state index is -0.0337. The number of nitrogens with one attached hydrogen (secondary N) is 2. The van der Waals surface area contributed by atoms with Crippen molar-refractivity contribution >= 4 is 22.6 Å². The van der Waals surface area contributed by atoms with Crippen molar-refractivity contribution in [2.75, 3.05) is 44.6 Å². The maximum atomic E-state index is 12.6. The largest absolute Gasteiger partial charge is 0.368 e. The van der Waals surface area contributed by atoms with Gasteiger partial charge in [0.05, 0.1) is 12.4 Å². The van der Waals surface area contributed by atoms with Gasteiger partial charge in [0.15, 0.2) is 0 Å². The predicted octanol–water partition coefficient (Wildman–Crippen LogP) is 2.39. The van der Waals surface area contributed by atoms with E-state index in [-0.39, 0.29) is 5.91 Å². The molecule has 146 valence electrons. The number of nitrogens with zero attached hydrogens (tertiary/aromatic N) is 4. The van der Waals surface area contributed by atoms with Gasteiger partial charge < -0.3 is 20.1 Å². The van der Waals surface area contributed by atoms with E-state index in [1.807, 2.05) is 11.0 Å². The van der Waals surface area contributed by atoms with E-state index in [9.17, 15) is 4.79 Å². The fourth-order valence-corrected chi connectivity index (χ4v) is 3.62. The van der Waals surface area contributed by atoms with Crippen LogP contribution in [-0.2, 0) is 6.42 Å². The predicted molar refractivity (Wildman–Crippen MR) is 111 cm³/mol. The standard InChI is InChI=1S/C21H26N6O/c1-2-26-9-11-27(12-10-26)21(28)19-14-25-20(15-24-19)22-8-7-16-13-23-18-6-4-3-5-17(16)18/h3-6,13-15,23H,2,7-12H2,1H3,(H,22,25). The minimum absolute atomic E-state index is 0.0337. The molecule has 28 heavy (non-hydrogen) atoms. The van der Waals surface area contributed by atoms with E-state index in [1.54, 1.807) is 12.4 Å². The summed E-state index contributed by atoms with van der Waals surface area (Å²) in [7, 11) is 0. The molecule has 1 amide bonds. The van der Waals surface area contributed by atoms with Gasteiger partial charge in [0.25, 0.3) is 5.91 Å². The summed E-state index contributed by atoms with van der Waals surface area (Å²) in [5.74, 6) is 0.654. The lowest BCUT2D eigenvalue weighted by Gasteiger charge is -2.33. The smallest absolute Gasteiger partial charge is 0.274 e. The molecular weight excluding hydrogens is 352 g/mol. The van der Waals surface area contributed by atoms with E-state index in [0.717, 1.165) is 51.2 Å². The van der Waals surface area contributed by atoms with Crippen LogP contribution in [-0.4, -0.2) is 69.9 Å². The molecule has 0 unspecified atom stereocenters. The monoisotopic (exact) mass is 378 g/mol. The van der Waals surface area contributed by atoms with Gasteiger partial charge in [0, 0.05) is 49.8 Å². The van der Waals surface area contributed by atoms with Crippen LogP contribution in [0.25, 0.3) is 10.9 Å². The second kappa shape index (κ2) is 8.39. The average Bonchev–Trinajstić information content (AvgIpc) is 3.17. The second-order valence-electron chi connectivity index (χ2n) is 7.05. The highest BCUT2D eigenvalue weighted by Crippen LogP contribution is 2.18. The van der Waals surface area contributed by atoms with E-state index in [0.29, 0.717) is 11.5 Å². The minimum Gasteiger partial charge on any atom is -0.368 e. The van der Waals surface area contributed by atoms with Crippen molar-refractivity contribution in [3.8, 4) is 0 Å². The Morgan fingerprint density at radius 2 is 1.96 bits per heavy atom. The third kappa shape index (κ3) is 3.99. The van der Waals surface area contributed by atoms with Gasteiger partial charge in [0.2, 0.25) is 0 Å². The summed E-state index contributed by atoms with van der Waals surface area (Å²) in [5.41, 5.74) is 2.83. The van der Waals surface area contributed by atoms with Crippen molar-refractivity contribution in [3.63, 3.8) is 0 Å². The molecule has 7 nitrogen and oxygen atoms in total. The number of piperazine rings is 1. The topological polar surface area (TPSA) is 77.1 Å². The highest BCUT2D eigenvalue weighted by Gasteiger charge is 2.22. The number of carbonyl (C=O) groups excluding carboxylic acids is 1. The summed E-state index contributed by atoms with van der Waals surface area (Å²) in [4.78, 5) is 28.8. The summed E-state index contributed by atoms with van der Waals surface area (Å²) in [6, 6.07) is 8.29. The zero-order chi connectivity index (χ0) is 19.3. The van der Waals surface area contributed by atoms with E-state index in [4.69, 9.17) is 0 Å². The summed E-state index contributed by atoms with van der Waals surface area (Å²) in [6.07, 6.45) is 6.15. The van der Waals surface area contributed by atoms with Crippen LogP contribution < -0.4 is 5.32 Å². The Balaban J connectivity index is 1.30. The summed E-state index contributed by atoms with van der Waals surface area (Å²) >= 11 is 0. The molecule has 2 aromatic heterocycles. The molecular formula is C21H26N6O. The number of para-hydroxylation sites is 1. The van der Waals surface area contributed by atoms with Crippen LogP contribution in [0.3, 0.4) is 0 Å². The number of aromatic amines is 1. The Hall–Kier alpha value is -2.93. The molecule has 0 aliphatic carbocycles. The Kier molecular flexibility index (Phi) is 5.53. The third-order valence-electron chi connectivity index (χ3n) is 5.35. The molecule has 1 aliphatic heterocycles. The van der Waals surface area contributed by atoms with Crippen LogP contribution in [0.4, 0.5) is 5.82 Å². The van der Waals surface area contributed by atoms with Gasteiger partial charge in [-0.05, 0) is 24.6 Å². The number of H-pyrrole nitrogens is 1. The lowest BCUT2D eigenvalue weighted by atomic mass is 10.1. The highest BCUT2D eigenvalue weighted by atomic mass is 16.2. The van der Waals surface area contributed by atoms with E-state index in [1.165, 1.54) is 10.9 Å². The summed E-state index contributed by atoms with van der Waals surface area (Å²) < 4.78 is 0. The molecule has 7 heteroatoms. The van der Waals surface area contributed by atoms with Crippen LogP contribution >= 0.6 is 0 Å². The normalized spacial score (nSPS) is 15.1. The molecule has 0 bridgehead atoms. The number of rotatable bonds is 6. The van der Waals surface area contributed by atoms with E-state index >= 15 is 0 Å². The fraction of sp³-hybridized carbons (Fsp3) is 0.381. The summed E-state index contributed by atoms with van der Waals surface area (Å²) in [6.45, 7) is 7.26. The van der Waals surface area contributed by atoms with Gasteiger partial charge in [-0.2, -0.15) is 0 Å².